The molecule has 5 rings (SSSR count). The number of nitrogens with two attached hydrogens (primary N) is 1. The molecule has 0 unspecified atom stereocenters. The van der Waals surface area contributed by atoms with E-state index in [2.05, 4.69) is 29.6 Å². The summed E-state index contributed by atoms with van der Waals surface area (Å²) in [6.07, 6.45) is 5.57. The van der Waals surface area contributed by atoms with E-state index in [0.29, 0.717) is 23.7 Å². The van der Waals surface area contributed by atoms with E-state index in [-0.39, 0.29) is 6.61 Å². The number of amides is 1. The average Bonchev–Trinajstić information content (AvgIpc) is 3.38. The number of primary amides is 1. The van der Waals surface area contributed by atoms with Gasteiger partial charge >= 0.3 is 0 Å². The monoisotopic (exact) mass is 551 g/mol. The smallest absolute Gasteiger partial charge is 0.250 e. The van der Waals surface area contributed by atoms with Crippen molar-refractivity contribution in [3.63, 3.8) is 0 Å². The summed E-state index contributed by atoms with van der Waals surface area (Å²) in [5.74, 6) is 0.115. The van der Waals surface area contributed by atoms with Gasteiger partial charge in [0, 0.05) is 49.8 Å². The van der Waals surface area contributed by atoms with Crippen LogP contribution >= 0.6 is 0 Å². The van der Waals surface area contributed by atoms with E-state index in [4.69, 9.17) is 20.3 Å². The van der Waals surface area contributed by atoms with Gasteiger partial charge in [-0.1, -0.05) is 37.8 Å². The predicted molar refractivity (Wildman–Crippen MR) is 160 cm³/mol. The molecule has 3 heterocycles. The van der Waals surface area contributed by atoms with E-state index in [1.54, 1.807) is 18.5 Å². The summed E-state index contributed by atoms with van der Waals surface area (Å²) in [5, 5.41) is 5.71. The fourth-order valence-electron chi connectivity index (χ4n) is 4.32. The molecular formula is C31H33N5O3Si. The standard InChI is InChI=1S/C31H33N5O3Si/c1-40(2,3)17-16-38-21-36-19-27(22-12-14-33-15-13-22)30(35-36)23-8-10-25(11-9-23)39-20-29-26(31(32)37)18-24-6-4-5-7-28(24)34-29/h4-15,18-19H,16-17,20-21H2,1-3H3,(H2,32,37). The second kappa shape index (κ2) is 11.8. The molecule has 0 atom stereocenters. The van der Waals surface area contributed by atoms with Crippen molar-refractivity contribution in [2.75, 3.05) is 6.61 Å². The molecule has 0 fully saturated rings. The maximum absolute atomic E-state index is 12.1. The van der Waals surface area contributed by atoms with Gasteiger partial charge in [-0.15, -0.1) is 0 Å². The van der Waals surface area contributed by atoms with Crippen LogP contribution in [0, 0.1) is 0 Å². The summed E-state index contributed by atoms with van der Waals surface area (Å²) in [6, 6.07) is 22.1. The van der Waals surface area contributed by atoms with Gasteiger partial charge in [0.25, 0.3) is 5.91 Å². The highest BCUT2D eigenvalue weighted by atomic mass is 28.3. The third-order valence-corrected chi connectivity index (χ3v) is 8.25. The molecule has 0 aliphatic rings. The molecule has 0 saturated heterocycles. The number of hydrogen-bond acceptors (Lipinski definition) is 6. The van der Waals surface area contributed by atoms with Crippen LogP contribution in [-0.4, -0.2) is 40.3 Å². The van der Waals surface area contributed by atoms with Crippen molar-refractivity contribution < 1.29 is 14.3 Å². The van der Waals surface area contributed by atoms with Crippen LogP contribution in [0.5, 0.6) is 5.75 Å². The van der Waals surface area contributed by atoms with Gasteiger partial charge in [-0.3, -0.25) is 9.78 Å². The minimum absolute atomic E-state index is 0.119. The van der Waals surface area contributed by atoms with Crippen molar-refractivity contribution in [3.8, 4) is 28.1 Å². The van der Waals surface area contributed by atoms with E-state index in [1.165, 1.54) is 0 Å². The Morgan fingerprint density at radius 3 is 2.45 bits per heavy atom. The molecule has 0 spiro atoms. The number of nitrogens with zero attached hydrogens (tertiary/aromatic N) is 4. The SMILES string of the molecule is C[Si](C)(C)CCOCn1cc(-c2ccncc2)c(-c2ccc(OCc3nc4ccccc4cc3C(N)=O)cc2)n1. The highest BCUT2D eigenvalue weighted by Crippen LogP contribution is 2.32. The van der Waals surface area contributed by atoms with Crippen molar-refractivity contribution >= 4 is 24.9 Å². The number of hydrogen-bond donors (Lipinski definition) is 1. The van der Waals surface area contributed by atoms with Gasteiger partial charge in [-0.2, -0.15) is 5.10 Å². The highest BCUT2D eigenvalue weighted by Gasteiger charge is 2.16. The first kappa shape index (κ1) is 27.2. The molecule has 1 amide bonds. The predicted octanol–water partition coefficient (Wildman–Crippen LogP) is 6.15. The Hall–Kier alpha value is -4.34. The topological polar surface area (TPSA) is 105 Å². The van der Waals surface area contributed by atoms with Gasteiger partial charge in [-0.05, 0) is 60.1 Å². The normalized spacial score (nSPS) is 11.6. The molecule has 0 aliphatic heterocycles. The molecule has 3 aromatic heterocycles. The molecule has 204 valence electrons. The summed E-state index contributed by atoms with van der Waals surface area (Å²) in [5.41, 5.74) is 11.1. The first-order chi connectivity index (χ1) is 19.3. The van der Waals surface area contributed by atoms with Crippen molar-refractivity contribution in [1.82, 2.24) is 19.7 Å². The zero-order valence-corrected chi connectivity index (χ0v) is 24.0. The van der Waals surface area contributed by atoms with Crippen molar-refractivity contribution in [2.45, 2.75) is 39.0 Å². The Bertz CT molecular complexity index is 1610. The van der Waals surface area contributed by atoms with Gasteiger partial charge in [-0.25, -0.2) is 9.67 Å². The largest absolute Gasteiger partial charge is 0.487 e. The van der Waals surface area contributed by atoms with Gasteiger partial charge in [0.2, 0.25) is 0 Å². The van der Waals surface area contributed by atoms with Gasteiger partial charge < -0.3 is 15.2 Å². The number of aromatic nitrogens is 4. The number of rotatable bonds is 11. The van der Waals surface area contributed by atoms with E-state index in [9.17, 15) is 4.79 Å². The zero-order valence-electron chi connectivity index (χ0n) is 23.0. The van der Waals surface area contributed by atoms with Crippen LogP contribution in [0.1, 0.15) is 16.1 Å². The number of fused-ring (bicyclic) bond motifs is 1. The molecule has 2 aromatic carbocycles. The molecule has 5 aromatic rings. The molecule has 40 heavy (non-hydrogen) atoms. The summed E-state index contributed by atoms with van der Waals surface area (Å²) < 4.78 is 13.8. The Labute approximate surface area is 234 Å². The molecule has 9 heteroatoms. The summed E-state index contributed by atoms with van der Waals surface area (Å²) in [6.45, 7) is 8.26. The van der Waals surface area contributed by atoms with Crippen molar-refractivity contribution in [2.24, 2.45) is 5.73 Å². The minimum atomic E-state index is -1.16. The van der Waals surface area contributed by atoms with Crippen LogP contribution in [0.3, 0.4) is 0 Å². The lowest BCUT2D eigenvalue weighted by atomic mass is 10.0. The average molecular weight is 552 g/mol. The Morgan fingerprint density at radius 2 is 1.73 bits per heavy atom. The number of ether oxygens (including phenoxy) is 2. The first-order valence-corrected chi connectivity index (χ1v) is 16.9. The zero-order chi connectivity index (χ0) is 28.1. The Balaban J connectivity index is 1.34. The van der Waals surface area contributed by atoms with Gasteiger partial charge in [0.05, 0.1) is 16.8 Å². The van der Waals surface area contributed by atoms with E-state index < -0.39 is 14.0 Å². The maximum Gasteiger partial charge on any atom is 0.250 e. The Morgan fingerprint density at radius 1 is 0.975 bits per heavy atom. The number of benzene rings is 2. The quantitative estimate of drug-likeness (QED) is 0.156. The summed E-state index contributed by atoms with van der Waals surface area (Å²) >= 11 is 0. The fraction of sp³-hybridized carbons (Fsp3) is 0.226. The molecular weight excluding hydrogens is 518 g/mol. The highest BCUT2D eigenvalue weighted by molar-refractivity contribution is 6.76. The van der Waals surface area contributed by atoms with E-state index in [0.717, 1.165) is 45.9 Å². The number of carbonyl (C=O) groups is 1. The van der Waals surface area contributed by atoms with E-state index >= 15 is 0 Å². The molecule has 8 nitrogen and oxygen atoms in total. The summed E-state index contributed by atoms with van der Waals surface area (Å²) in [4.78, 5) is 20.8. The molecule has 0 saturated carbocycles. The first-order valence-electron chi connectivity index (χ1n) is 13.2. The molecule has 0 aliphatic carbocycles. The van der Waals surface area contributed by atoms with Gasteiger partial charge in [0.1, 0.15) is 24.8 Å². The van der Waals surface area contributed by atoms with Crippen LogP contribution in [0.4, 0.5) is 0 Å². The second-order valence-electron chi connectivity index (χ2n) is 10.9. The van der Waals surface area contributed by atoms with Crippen LogP contribution in [-0.2, 0) is 18.1 Å². The van der Waals surface area contributed by atoms with Crippen LogP contribution in [0.15, 0.2) is 85.3 Å². The lowest BCUT2D eigenvalue weighted by molar-refractivity contribution is 0.0788. The van der Waals surface area contributed by atoms with Crippen LogP contribution in [0.2, 0.25) is 25.7 Å². The lowest BCUT2D eigenvalue weighted by Gasteiger charge is -2.15. The number of carbonyl (C=O) groups excluding carboxylic acids is 1. The molecule has 0 bridgehead atoms. The maximum atomic E-state index is 12.1. The van der Waals surface area contributed by atoms with Crippen LogP contribution < -0.4 is 10.5 Å². The van der Waals surface area contributed by atoms with Gasteiger partial charge in [0.15, 0.2) is 0 Å². The lowest BCUT2D eigenvalue weighted by Crippen LogP contribution is -2.22. The fourth-order valence-corrected chi connectivity index (χ4v) is 5.08. The molecule has 2 N–H and O–H groups in total. The summed E-state index contributed by atoms with van der Waals surface area (Å²) in [7, 11) is -1.16. The number of para-hydroxylation sites is 1. The molecule has 0 radical (unpaired) electrons. The van der Waals surface area contributed by atoms with Crippen molar-refractivity contribution in [3.05, 3.63) is 96.6 Å². The van der Waals surface area contributed by atoms with Crippen molar-refractivity contribution in [1.29, 1.82) is 0 Å². The third-order valence-electron chi connectivity index (χ3n) is 6.54. The third kappa shape index (κ3) is 6.62. The van der Waals surface area contributed by atoms with E-state index in [1.807, 2.05) is 71.5 Å². The second-order valence-corrected chi connectivity index (χ2v) is 16.5. The minimum Gasteiger partial charge on any atom is -0.487 e. The number of pyridine rings is 2. The van der Waals surface area contributed by atoms with Crippen LogP contribution in [0.25, 0.3) is 33.3 Å². The Kier molecular flexibility index (Phi) is 8.04.